The minimum Gasteiger partial charge on any atom is -0.378 e. The number of aromatic nitrogens is 2. The summed E-state index contributed by atoms with van der Waals surface area (Å²) in [5.41, 5.74) is 4.13. The number of nitrogens with one attached hydrogen (secondary N) is 1. The Morgan fingerprint density at radius 3 is 2.50 bits per heavy atom. The van der Waals surface area contributed by atoms with Crippen molar-refractivity contribution in [3.63, 3.8) is 0 Å². The molecule has 1 aliphatic heterocycles. The Labute approximate surface area is 164 Å². The van der Waals surface area contributed by atoms with Gasteiger partial charge in [0.05, 0.1) is 13.2 Å². The fourth-order valence-electron chi connectivity index (χ4n) is 3.31. The molecule has 3 aromatic rings. The van der Waals surface area contributed by atoms with Crippen LogP contribution in [-0.2, 0) is 16.1 Å². The van der Waals surface area contributed by atoms with Crippen molar-refractivity contribution in [2.45, 2.75) is 13.5 Å². The molecule has 28 heavy (non-hydrogen) atoms. The summed E-state index contributed by atoms with van der Waals surface area (Å²) in [5, 5.41) is 7.65. The van der Waals surface area contributed by atoms with Gasteiger partial charge in [-0.15, -0.1) is 0 Å². The molecule has 144 valence electrons. The average molecular weight is 376 g/mol. The molecule has 1 aliphatic rings. The molecule has 4 rings (SSSR count). The van der Waals surface area contributed by atoms with Crippen molar-refractivity contribution in [2.24, 2.45) is 0 Å². The molecule has 2 heterocycles. The standard InChI is InChI=1S/C22H24N4O2/c1-17-7-9-18(10-8-17)20-15-26(24-22(20)25-11-13-28-14-12-25)16-21(27)23-19-5-3-2-4-6-19/h2-10,15H,11-14,16H2,1H3,(H,23,27). The van der Waals surface area contributed by atoms with E-state index in [-0.39, 0.29) is 12.5 Å². The monoisotopic (exact) mass is 376 g/mol. The lowest BCUT2D eigenvalue weighted by Crippen LogP contribution is -2.36. The molecule has 1 fully saturated rings. The molecule has 1 N–H and O–H groups in total. The molecule has 6 nitrogen and oxygen atoms in total. The van der Waals surface area contributed by atoms with E-state index in [1.165, 1.54) is 5.56 Å². The van der Waals surface area contributed by atoms with Gasteiger partial charge in [-0.05, 0) is 24.6 Å². The van der Waals surface area contributed by atoms with E-state index in [1.54, 1.807) is 4.68 Å². The summed E-state index contributed by atoms with van der Waals surface area (Å²) in [6, 6.07) is 17.9. The van der Waals surface area contributed by atoms with Crippen LogP contribution in [0.15, 0.2) is 60.8 Å². The highest BCUT2D eigenvalue weighted by molar-refractivity contribution is 5.90. The first-order valence-corrected chi connectivity index (χ1v) is 9.51. The van der Waals surface area contributed by atoms with E-state index < -0.39 is 0 Å². The number of nitrogens with zero attached hydrogens (tertiary/aromatic N) is 3. The third-order valence-corrected chi connectivity index (χ3v) is 4.78. The number of carbonyl (C=O) groups excluding carboxylic acids is 1. The summed E-state index contributed by atoms with van der Waals surface area (Å²) >= 11 is 0. The molecule has 6 heteroatoms. The van der Waals surface area contributed by atoms with Gasteiger partial charge >= 0.3 is 0 Å². The van der Waals surface area contributed by atoms with Crippen molar-refractivity contribution in [3.05, 3.63) is 66.4 Å². The van der Waals surface area contributed by atoms with Gasteiger partial charge in [0.25, 0.3) is 0 Å². The smallest absolute Gasteiger partial charge is 0.246 e. The minimum absolute atomic E-state index is 0.0994. The zero-order valence-corrected chi connectivity index (χ0v) is 16.0. The van der Waals surface area contributed by atoms with Crippen molar-refractivity contribution in [3.8, 4) is 11.1 Å². The number of ether oxygens (including phenoxy) is 1. The maximum Gasteiger partial charge on any atom is 0.246 e. The van der Waals surface area contributed by atoms with Gasteiger partial charge in [0, 0.05) is 30.5 Å². The third kappa shape index (κ3) is 4.23. The first-order valence-electron chi connectivity index (χ1n) is 9.51. The largest absolute Gasteiger partial charge is 0.378 e. The number of carbonyl (C=O) groups is 1. The van der Waals surface area contributed by atoms with Crippen molar-refractivity contribution < 1.29 is 9.53 Å². The number of para-hydroxylation sites is 1. The summed E-state index contributed by atoms with van der Waals surface area (Å²) in [6.45, 7) is 5.21. The van der Waals surface area contributed by atoms with Crippen LogP contribution in [0.1, 0.15) is 5.56 Å². The Morgan fingerprint density at radius 1 is 1.07 bits per heavy atom. The SMILES string of the molecule is Cc1ccc(-c2cn(CC(=O)Nc3ccccc3)nc2N2CCOCC2)cc1. The molecule has 0 bridgehead atoms. The first-order chi connectivity index (χ1) is 13.7. The number of morpholine rings is 1. The van der Waals surface area contributed by atoms with Crippen LogP contribution in [0.5, 0.6) is 0 Å². The van der Waals surface area contributed by atoms with Gasteiger partial charge in [-0.1, -0.05) is 48.0 Å². The van der Waals surface area contributed by atoms with Gasteiger partial charge in [-0.25, -0.2) is 0 Å². The maximum atomic E-state index is 12.5. The summed E-state index contributed by atoms with van der Waals surface area (Å²) < 4.78 is 7.20. The molecule has 0 atom stereocenters. The van der Waals surface area contributed by atoms with Crippen molar-refractivity contribution in [1.82, 2.24) is 9.78 Å². The van der Waals surface area contributed by atoms with E-state index in [1.807, 2.05) is 36.5 Å². The van der Waals surface area contributed by atoms with E-state index in [4.69, 9.17) is 9.84 Å². The molecule has 1 saturated heterocycles. The summed E-state index contributed by atoms with van der Waals surface area (Å²) in [6.07, 6.45) is 1.96. The molecule has 0 saturated carbocycles. The van der Waals surface area contributed by atoms with E-state index in [2.05, 4.69) is 41.4 Å². The number of hydrogen-bond donors (Lipinski definition) is 1. The predicted octanol–water partition coefficient (Wildman–Crippen LogP) is 3.33. The van der Waals surface area contributed by atoms with Gasteiger partial charge < -0.3 is 15.0 Å². The van der Waals surface area contributed by atoms with Crippen LogP contribution in [0.3, 0.4) is 0 Å². The highest BCUT2D eigenvalue weighted by Crippen LogP contribution is 2.30. The second kappa shape index (κ2) is 8.27. The van der Waals surface area contributed by atoms with Gasteiger partial charge in [-0.3, -0.25) is 9.48 Å². The second-order valence-corrected chi connectivity index (χ2v) is 6.94. The van der Waals surface area contributed by atoms with Crippen LogP contribution >= 0.6 is 0 Å². The fraction of sp³-hybridized carbons (Fsp3) is 0.273. The van der Waals surface area contributed by atoms with Crippen molar-refractivity contribution in [1.29, 1.82) is 0 Å². The number of hydrogen-bond acceptors (Lipinski definition) is 4. The van der Waals surface area contributed by atoms with Crippen LogP contribution in [0, 0.1) is 6.92 Å². The summed E-state index contributed by atoms with van der Waals surface area (Å²) in [7, 11) is 0. The minimum atomic E-state index is -0.0994. The van der Waals surface area contributed by atoms with E-state index >= 15 is 0 Å². The van der Waals surface area contributed by atoms with Crippen molar-refractivity contribution >= 4 is 17.4 Å². The molecular weight excluding hydrogens is 352 g/mol. The predicted molar refractivity (Wildman–Crippen MR) is 111 cm³/mol. The lowest BCUT2D eigenvalue weighted by Gasteiger charge is -2.27. The van der Waals surface area contributed by atoms with E-state index in [0.717, 1.165) is 35.7 Å². The van der Waals surface area contributed by atoms with E-state index in [0.29, 0.717) is 13.2 Å². The summed E-state index contributed by atoms with van der Waals surface area (Å²) in [5.74, 6) is 0.803. The lowest BCUT2D eigenvalue weighted by atomic mass is 10.1. The first kappa shape index (κ1) is 18.3. The summed E-state index contributed by atoms with van der Waals surface area (Å²) in [4.78, 5) is 14.7. The normalized spacial score (nSPS) is 14.1. The average Bonchev–Trinajstić information content (AvgIpc) is 3.13. The molecule has 2 aromatic carbocycles. The highest BCUT2D eigenvalue weighted by Gasteiger charge is 2.20. The molecule has 1 amide bonds. The van der Waals surface area contributed by atoms with Crippen LogP contribution in [0.2, 0.25) is 0 Å². The van der Waals surface area contributed by atoms with Gasteiger partial charge in [0.15, 0.2) is 5.82 Å². The maximum absolute atomic E-state index is 12.5. The number of aryl methyl sites for hydroxylation is 1. The number of amides is 1. The Bertz CT molecular complexity index is 929. The van der Waals surface area contributed by atoms with Crippen LogP contribution in [-0.4, -0.2) is 42.0 Å². The zero-order chi connectivity index (χ0) is 19.3. The Hall–Kier alpha value is -3.12. The van der Waals surface area contributed by atoms with Gasteiger partial charge in [0.1, 0.15) is 6.54 Å². The molecular formula is C22H24N4O2. The van der Waals surface area contributed by atoms with Gasteiger partial charge in [0.2, 0.25) is 5.91 Å². The number of rotatable bonds is 5. The Kier molecular flexibility index (Phi) is 5.39. The number of benzene rings is 2. The zero-order valence-electron chi connectivity index (χ0n) is 16.0. The second-order valence-electron chi connectivity index (χ2n) is 6.94. The van der Waals surface area contributed by atoms with Gasteiger partial charge in [-0.2, -0.15) is 5.10 Å². The lowest BCUT2D eigenvalue weighted by molar-refractivity contribution is -0.116. The fourth-order valence-corrected chi connectivity index (χ4v) is 3.31. The molecule has 0 radical (unpaired) electrons. The van der Waals surface area contributed by atoms with Crippen LogP contribution in [0.4, 0.5) is 11.5 Å². The topological polar surface area (TPSA) is 59.4 Å². The highest BCUT2D eigenvalue weighted by atomic mass is 16.5. The van der Waals surface area contributed by atoms with E-state index in [9.17, 15) is 4.79 Å². The molecule has 1 aromatic heterocycles. The Balaban J connectivity index is 1.59. The molecule has 0 aliphatic carbocycles. The molecule has 0 unspecified atom stereocenters. The number of anilines is 2. The molecule has 0 spiro atoms. The van der Waals surface area contributed by atoms with Crippen molar-refractivity contribution in [2.75, 3.05) is 36.5 Å². The van der Waals surface area contributed by atoms with Crippen LogP contribution < -0.4 is 10.2 Å². The third-order valence-electron chi connectivity index (χ3n) is 4.78. The quantitative estimate of drug-likeness (QED) is 0.742. The Morgan fingerprint density at radius 2 is 1.79 bits per heavy atom. The van der Waals surface area contributed by atoms with Crippen LogP contribution in [0.25, 0.3) is 11.1 Å².